The van der Waals surface area contributed by atoms with Gasteiger partial charge in [-0.3, -0.25) is 19.3 Å². The Labute approximate surface area is 218 Å². The standard InChI is InChI=1S/C27H26N2O7S/c1-34-17-10-8-16(9-11-17)14-36-27(33)22-18-13-19(26(32)35-2)23(18)37-25-21(24(31)29(22)25)28-20(30)12-15-6-4-3-5-7-15/h3-11,19,21,23,25H,12-14H2,1-2H3,(H,28,30)/t19-,21-,23-,25-/m1/s1. The predicted molar refractivity (Wildman–Crippen MR) is 134 cm³/mol. The number of esters is 2. The first kappa shape index (κ1) is 24.9. The van der Waals surface area contributed by atoms with Crippen molar-refractivity contribution in [3.05, 3.63) is 77.0 Å². The van der Waals surface area contributed by atoms with Gasteiger partial charge in [-0.25, -0.2) is 4.79 Å². The first-order chi connectivity index (χ1) is 17.9. The highest BCUT2D eigenvalue weighted by Gasteiger charge is 2.61. The number of hydrogen-bond donors (Lipinski definition) is 1. The summed E-state index contributed by atoms with van der Waals surface area (Å²) in [5.41, 5.74) is 2.45. The molecule has 3 aliphatic rings. The topological polar surface area (TPSA) is 111 Å². The van der Waals surface area contributed by atoms with Crippen LogP contribution < -0.4 is 10.1 Å². The van der Waals surface area contributed by atoms with Crippen LogP contribution in [0.15, 0.2) is 65.9 Å². The van der Waals surface area contributed by atoms with Crippen LogP contribution in [-0.4, -0.2) is 59.5 Å². The fourth-order valence-corrected chi connectivity index (χ4v) is 6.50. The molecule has 0 radical (unpaired) electrons. The maximum absolute atomic E-state index is 13.2. The van der Waals surface area contributed by atoms with Crippen LogP contribution in [0.3, 0.4) is 0 Å². The summed E-state index contributed by atoms with van der Waals surface area (Å²) >= 11 is 1.39. The number of methoxy groups -OCH3 is 2. The number of rotatable bonds is 8. The molecule has 0 bridgehead atoms. The molecule has 0 unspecified atom stereocenters. The second-order valence-corrected chi connectivity index (χ2v) is 10.3. The molecule has 192 valence electrons. The van der Waals surface area contributed by atoms with E-state index in [2.05, 4.69) is 5.32 Å². The summed E-state index contributed by atoms with van der Waals surface area (Å²) < 4.78 is 15.6. The highest BCUT2D eigenvalue weighted by atomic mass is 32.2. The van der Waals surface area contributed by atoms with Gasteiger partial charge in [-0.1, -0.05) is 42.5 Å². The van der Waals surface area contributed by atoms with E-state index in [0.29, 0.717) is 17.7 Å². The molecule has 0 spiro atoms. The van der Waals surface area contributed by atoms with Crippen LogP contribution in [0.4, 0.5) is 0 Å². The van der Waals surface area contributed by atoms with E-state index in [4.69, 9.17) is 14.2 Å². The molecule has 4 atom stereocenters. The normalized spacial score (nSPS) is 23.6. The second-order valence-electron chi connectivity index (χ2n) is 8.99. The van der Waals surface area contributed by atoms with Crippen LogP contribution in [-0.2, 0) is 41.7 Å². The lowest BCUT2D eigenvalue weighted by Crippen LogP contribution is -2.72. The minimum Gasteiger partial charge on any atom is -0.497 e. The molecular formula is C27H26N2O7S. The molecule has 9 nitrogen and oxygen atoms in total. The number of β-lactam (4-membered cyclic amide) rings is 1. The number of ether oxygens (including phenoxy) is 3. The lowest BCUT2D eigenvalue weighted by atomic mass is 9.77. The Balaban J connectivity index is 1.32. The number of nitrogens with zero attached hydrogens (tertiary/aromatic N) is 1. The van der Waals surface area contributed by atoms with E-state index < -0.39 is 23.3 Å². The summed E-state index contributed by atoms with van der Waals surface area (Å²) in [5, 5.41) is 1.97. The summed E-state index contributed by atoms with van der Waals surface area (Å²) in [6, 6.07) is 15.5. The van der Waals surface area contributed by atoms with Crippen molar-refractivity contribution in [2.75, 3.05) is 14.2 Å². The van der Waals surface area contributed by atoms with Crippen LogP contribution >= 0.6 is 11.8 Å². The van der Waals surface area contributed by atoms with Crippen molar-refractivity contribution in [1.29, 1.82) is 0 Å². The Morgan fingerprint density at radius 1 is 1.03 bits per heavy atom. The zero-order chi connectivity index (χ0) is 26.1. The van der Waals surface area contributed by atoms with Crippen LogP contribution in [0.5, 0.6) is 5.75 Å². The van der Waals surface area contributed by atoms with E-state index in [1.807, 2.05) is 30.3 Å². The SMILES string of the molecule is COC(=O)[C@@H]1CC2=C(C(=O)OCc3ccc(OC)cc3)N3C(=O)[C@@H](NC(=O)Cc4ccccc4)[C@H]3S[C@H]21. The maximum atomic E-state index is 13.2. The van der Waals surface area contributed by atoms with E-state index >= 15 is 0 Å². The first-order valence-corrected chi connectivity index (χ1v) is 12.8. The molecule has 5 rings (SSSR count). The first-order valence-electron chi connectivity index (χ1n) is 11.8. The van der Waals surface area contributed by atoms with E-state index in [-0.39, 0.29) is 41.8 Å². The number of thioether (sulfide) groups is 1. The number of hydrogen-bond acceptors (Lipinski definition) is 8. The van der Waals surface area contributed by atoms with Crippen LogP contribution in [0, 0.1) is 5.92 Å². The van der Waals surface area contributed by atoms with Crippen LogP contribution in [0.25, 0.3) is 0 Å². The molecule has 37 heavy (non-hydrogen) atoms. The van der Waals surface area contributed by atoms with Crippen LogP contribution in [0.2, 0.25) is 0 Å². The monoisotopic (exact) mass is 522 g/mol. The van der Waals surface area contributed by atoms with Gasteiger partial charge in [0, 0.05) is 5.25 Å². The van der Waals surface area contributed by atoms with Crippen molar-refractivity contribution in [1.82, 2.24) is 10.2 Å². The van der Waals surface area contributed by atoms with E-state index in [9.17, 15) is 19.2 Å². The van der Waals surface area contributed by atoms with Crippen molar-refractivity contribution in [3.63, 3.8) is 0 Å². The summed E-state index contributed by atoms with van der Waals surface area (Å²) in [6.07, 6.45) is 0.451. The van der Waals surface area contributed by atoms with Gasteiger partial charge in [-0.2, -0.15) is 0 Å². The summed E-state index contributed by atoms with van der Waals surface area (Å²) in [6.45, 7) is 0.0157. The molecule has 2 heterocycles. The van der Waals surface area contributed by atoms with Gasteiger partial charge in [-0.05, 0) is 35.3 Å². The molecule has 2 amide bonds. The van der Waals surface area contributed by atoms with Gasteiger partial charge in [0.25, 0.3) is 5.91 Å². The number of carbonyl (C=O) groups is 4. The fraction of sp³-hybridized carbons (Fsp3) is 0.333. The smallest absolute Gasteiger partial charge is 0.355 e. The minimum atomic E-state index is -0.800. The highest BCUT2D eigenvalue weighted by Crippen LogP contribution is 2.54. The van der Waals surface area contributed by atoms with Crippen LogP contribution in [0.1, 0.15) is 17.5 Å². The summed E-state index contributed by atoms with van der Waals surface area (Å²) in [4.78, 5) is 52.7. The second kappa shape index (κ2) is 10.3. The molecule has 1 N–H and O–H groups in total. The quantitative estimate of drug-likeness (QED) is 0.415. The van der Waals surface area contributed by atoms with Gasteiger partial charge >= 0.3 is 11.9 Å². The average molecular weight is 523 g/mol. The summed E-state index contributed by atoms with van der Waals surface area (Å²) in [5.74, 6) is -1.40. The Morgan fingerprint density at radius 3 is 2.43 bits per heavy atom. The van der Waals surface area contributed by atoms with E-state index in [1.54, 1.807) is 31.4 Å². The van der Waals surface area contributed by atoms with Gasteiger partial charge in [0.15, 0.2) is 0 Å². The molecule has 1 saturated heterocycles. The molecule has 1 saturated carbocycles. The highest BCUT2D eigenvalue weighted by molar-refractivity contribution is 8.01. The molecule has 2 aliphatic heterocycles. The van der Waals surface area contributed by atoms with Gasteiger partial charge in [0.1, 0.15) is 29.5 Å². The Kier molecular flexibility index (Phi) is 6.92. The number of benzene rings is 2. The molecule has 0 aromatic heterocycles. The Hall–Kier alpha value is -3.79. The third-order valence-electron chi connectivity index (χ3n) is 6.77. The Morgan fingerprint density at radius 2 is 1.76 bits per heavy atom. The Bertz CT molecular complexity index is 1260. The lowest BCUT2D eigenvalue weighted by Gasteiger charge is -2.55. The molecule has 2 aromatic rings. The predicted octanol–water partition coefficient (Wildman–Crippen LogP) is 2.20. The zero-order valence-electron chi connectivity index (χ0n) is 20.3. The van der Waals surface area contributed by atoms with Crippen molar-refractivity contribution < 1.29 is 33.4 Å². The lowest BCUT2D eigenvalue weighted by molar-refractivity contribution is -0.154. The van der Waals surface area contributed by atoms with Crippen molar-refractivity contribution >= 4 is 35.5 Å². The molecule has 2 fully saturated rings. The average Bonchev–Trinajstić information content (AvgIpc) is 2.91. The molecule has 10 heteroatoms. The van der Waals surface area contributed by atoms with Gasteiger partial charge in [0.2, 0.25) is 5.91 Å². The van der Waals surface area contributed by atoms with E-state index in [0.717, 1.165) is 11.1 Å². The third kappa shape index (κ3) is 4.69. The van der Waals surface area contributed by atoms with Crippen molar-refractivity contribution in [2.24, 2.45) is 5.92 Å². The van der Waals surface area contributed by atoms with Gasteiger partial charge in [0.05, 0.1) is 26.6 Å². The molecule has 1 aliphatic carbocycles. The number of carbonyl (C=O) groups excluding carboxylic acids is 4. The molecular weight excluding hydrogens is 496 g/mol. The largest absolute Gasteiger partial charge is 0.497 e. The minimum absolute atomic E-state index is 0.0157. The fourth-order valence-electron chi connectivity index (χ4n) is 4.76. The van der Waals surface area contributed by atoms with Gasteiger partial charge in [-0.15, -0.1) is 11.8 Å². The number of nitrogens with one attached hydrogen (secondary N) is 1. The van der Waals surface area contributed by atoms with Crippen molar-refractivity contribution in [3.8, 4) is 5.75 Å². The van der Waals surface area contributed by atoms with Gasteiger partial charge < -0.3 is 19.5 Å². The number of fused-ring (bicyclic) bond motifs is 2. The summed E-state index contributed by atoms with van der Waals surface area (Å²) in [7, 11) is 2.89. The molecule has 2 aromatic carbocycles. The van der Waals surface area contributed by atoms with E-state index in [1.165, 1.54) is 23.8 Å². The maximum Gasteiger partial charge on any atom is 0.355 e. The number of amides is 2. The van der Waals surface area contributed by atoms with Crippen molar-refractivity contribution in [2.45, 2.75) is 36.1 Å². The third-order valence-corrected chi connectivity index (χ3v) is 8.44. The zero-order valence-corrected chi connectivity index (χ0v) is 21.2.